The molecule has 0 aromatic heterocycles. The van der Waals surface area contributed by atoms with E-state index in [4.69, 9.17) is 9.05 Å². The normalized spacial score (nSPS) is 13.7. The van der Waals surface area contributed by atoms with Crippen LogP contribution in [0.4, 0.5) is 0 Å². The van der Waals surface area contributed by atoms with Gasteiger partial charge in [-0.2, -0.15) is 0 Å². The summed E-state index contributed by atoms with van der Waals surface area (Å²) in [6.07, 6.45) is 0. The second-order valence-electron chi connectivity index (χ2n) is 4.51. The molecule has 1 rings (SSSR count). The first kappa shape index (κ1) is 16.4. The number of rotatable bonds is 8. The summed E-state index contributed by atoms with van der Waals surface area (Å²) in [6.45, 7) is 8.39. The maximum absolute atomic E-state index is 12.9. The summed E-state index contributed by atoms with van der Waals surface area (Å²) in [6, 6.07) is 9.83. The van der Waals surface area contributed by atoms with Gasteiger partial charge in [0.15, 0.2) is 0 Å². The summed E-state index contributed by atoms with van der Waals surface area (Å²) in [5.41, 5.74) is 0.918. The van der Waals surface area contributed by atoms with E-state index in [0.29, 0.717) is 13.2 Å². The van der Waals surface area contributed by atoms with E-state index >= 15 is 0 Å². The average Bonchev–Trinajstić information content (AvgIpc) is 2.37. The molecule has 0 aliphatic carbocycles. The van der Waals surface area contributed by atoms with E-state index in [1.807, 2.05) is 58.0 Å². The second-order valence-corrected chi connectivity index (χ2v) is 6.62. The summed E-state index contributed by atoms with van der Waals surface area (Å²) < 4.78 is 23.9. The van der Waals surface area contributed by atoms with Crippen molar-refractivity contribution in [2.45, 2.75) is 39.5 Å². The SMILES string of the molecule is CCOP(=O)(OCC)C(NC(C)C)c1ccccc1. The van der Waals surface area contributed by atoms with Gasteiger partial charge in [0.2, 0.25) is 0 Å². The molecule has 0 bridgehead atoms. The Kier molecular flexibility index (Phi) is 6.73. The lowest BCUT2D eigenvalue weighted by atomic mass is 10.2. The minimum atomic E-state index is -3.22. The molecule has 0 heterocycles. The van der Waals surface area contributed by atoms with E-state index in [0.717, 1.165) is 5.56 Å². The van der Waals surface area contributed by atoms with E-state index in [1.165, 1.54) is 0 Å². The molecule has 4 nitrogen and oxygen atoms in total. The van der Waals surface area contributed by atoms with Gasteiger partial charge >= 0.3 is 7.60 Å². The Balaban J connectivity index is 3.10. The van der Waals surface area contributed by atoms with Crippen LogP contribution in [-0.4, -0.2) is 19.3 Å². The van der Waals surface area contributed by atoms with Gasteiger partial charge in [0.1, 0.15) is 5.78 Å². The topological polar surface area (TPSA) is 47.6 Å². The zero-order valence-corrected chi connectivity index (χ0v) is 13.0. The molecule has 1 atom stereocenters. The van der Waals surface area contributed by atoms with Gasteiger partial charge in [-0.25, -0.2) is 0 Å². The van der Waals surface area contributed by atoms with Gasteiger partial charge in [-0.15, -0.1) is 0 Å². The first-order valence-corrected chi connectivity index (χ1v) is 8.34. The third-order valence-corrected chi connectivity index (χ3v) is 4.86. The van der Waals surface area contributed by atoms with Crippen molar-refractivity contribution < 1.29 is 13.6 Å². The molecule has 0 aliphatic heterocycles. The van der Waals surface area contributed by atoms with Crippen LogP contribution in [0.1, 0.15) is 39.0 Å². The highest BCUT2D eigenvalue weighted by molar-refractivity contribution is 7.54. The van der Waals surface area contributed by atoms with E-state index in [2.05, 4.69) is 5.32 Å². The Bertz CT molecular complexity index is 398. The molecule has 1 unspecified atom stereocenters. The van der Waals surface area contributed by atoms with Gasteiger partial charge in [0.05, 0.1) is 13.2 Å². The molecule has 1 aromatic rings. The Morgan fingerprint density at radius 2 is 1.63 bits per heavy atom. The van der Waals surface area contributed by atoms with Gasteiger partial charge < -0.3 is 9.05 Å². The minimum absolute atomic E-state index is 0.180. The van der Waals surface area contributed by atoms with Gasteiger partial charge in [-0.1, -0.05) is 30.3 Å². The number of hydrogen-bond donors (Lipinski definition) is 1. The van der Waals surface area contributed by atoms with Crippen molar-refractivity contribution in [2.75, 3.05) is 13.2 Å². The third kappa shape index (κ3) is 4.73. The molecular weight excluding hydrogens is 261 g/mol. The Labute approximate surface area is 116 Å². The smallest absolute Gasteiger partial charge is 0.308 e. The molecule has 0 radical (unpaired) electrons. The fourth-order valence-electron chi connectivity index (χ4n) is 1.87. The van der Waals surface area contributed by atoms with Crippen molar-refractivity contribution in [1.29, 1.82) is 0 Å². The summed E-state index contributed by atoms with van der Waals surface area (Å²) in [5.74, 6) is -0.436. The van der Waals surface area contributed by atoms with Gasteiger partial charge in [-0.05, 0) is 33.3 Å². The van der Waals surface area contributed by atoms with Crippen molar-refractivity contribution in [3.8, 4) is 0 Å². The predicted octanol–water partition coefficient (Wildman–Crippen LogP) is 3.95. The molecule has 0 fully saturated rings. The fraction of sp³-hybridized carbons (Fsp3) is 0.571. The molecule has 0 amide bonds. The zero-order chi connectivity index (χ0) is 14.3. The van der Waals surface area contributed by atoms with Crippen LogP contribution in [0.2, 0.25) is 0 Å². The number of benzene rings is 1. The quantitative estimate of drug-likeness (QED) is 0.735. The molecule has 19 heavy (non-hydrogen) atoms. The summed E-state index contributed by atoms with van der Waals surface area (Å²) >= 11 is 0. The molecule has 1 N–H and O–H groups in total. The zero-order valence-electron chi connectivity index (χ0n) is 12.1. The lowest BCUT2D eigenvalue weighted by molar-refractivity contribution is 0.206. The van der Waals surface area contributed by atoms with Crippen LogP contribution in [0.15, 0.2) is 30.3 Å². The highest BCUT2D eigenvalue weighted by Crippen LogP contribution is 2.59. The minimum Gasteiger partial charge on any atom is -0.308 e. The van der Waals surface area contributed by atoms with Gasteiger partial charge in [-0.3, -0.25) is 9.88 Å². The maximum Gasteiger partial charge on any atom is 0.351 e. The van der Waals surface area contributed by atoms with E-state index in [1.54, 1.807) is 0 Å². The standard InChI is InChI=1S/C14H24NO3P/c1-5-17-19(16,18-6-2)14(15-12(3)4)13-10-8-7-9-11-13/h7-12,14-15H,5-6H2,1-4H3. The van der Waals surface area contributed by atoms with Crippen LogP contribution in [0.25, 0.3) is 0 Å². The largest absolute Gasteiger partial charge is 0.351 e. The van der Waals surface area contributed by atoms with Crippen molar-refractivity contribution in [2.24, 2.45) is 0 Å². The Hall–Kier alpha value is -0.670. The molecule has 0 saturated carbocycles. The molecule has 0 saturated heterocycles. The number of hydrogen-bond acceptors (Lipinski definition) is 4. The van der Waals surface area contributed by atoms with Crippen molar-refractivity contribution in [3.05, 3.63) is 35.9 Å². The van der Waals surface area contributed by atoms with Crippen LogP contribution in [0, 0.1) is 0 Å². The summed E-state index contributed by atoms with van der Waals surface area (Å²) in [4.78, 5) is 0. The molecule has 1 aromatic carbocycles. The fourth-order valence-corrected chi connectivity index (χ4v) is 3.98. The molecular formula is C14H24NO3P. The van der Waals surface area contributed by atoms with Crippen LogP contribution in [-0.2, 0) is 13.6 Å². The lowest BCUT2D eigenvalue weighted by Gasteiger charge is -2.29. The summed E-state index contributed by atoms with van der Waals surface area (Å²) in [7, 11) is -3.22. The predicted molar refractivity (Wildman–Crippen MR) is 78.3 cm³/mol. The van der Waals surface area contributed by atoms with Crippen LogP contribution < -0.4 is 5.32 Å². The second kappa shape index (κ2) is 7.81. The first-order chi connectivity index (χ1) is 9.03. The van der Waals surface area contributed by atoms with Crippen molar-refractivity contribution in [1.82, 2.24) is 5.32 Å². The number of nitrogens with one attached hydrogen (secondary N) is 1. The molecule has 0 spiro atoms. The van der Waals surface area contributed by atoms with Crippen LogP contribution in [0.5, 0.6) is 0 Å². The Morgan fingerprint density at radius 3 is 2.05 bits per heavy atom. The van der Waals surface area contributed by atoms with E-state index in [-0.39, 0.29) is 6.04 Å². The molecule has 108 valence electrons. The summed E-state index contributed by atoms with van der Waals surface area (Å²) in [5, 5.41) is 3.29. The van der Waals surface area contributed by atoms with Crippen LogP contribution >= 0.6 is 7.60 Å². The monoisotopic (exact) mass is 285 g/mol. The molecule has 0 aliphatic rings. The first-order valence-electron chi connectivity index (χ1n) is 6.73. The lowest BCUT2D eigenvalue weighted by Crippen LogP contribution is -2.29. The average molecular weight is 285 g/mol. The van der Waals surface area contributed by atoms with Crippen LogP contribution in [0.3, 0.4) is 0 Å². The molecule has 5 heteroatoms. The van der Waals surface area contributed by atoms with Gasteiger partial charge in [0, 0.05) is 6.04 Å². The van der Waals surface area contributed by atoms with E-state index in [9.17, 15) is 4.57 Å². The highest BCUT2D eigenvalue weighted by atomic mass is 31.2. The van der Waals surface area contributed by atoms with Crippen molar-refractivity contribution in [3.63, 3.8) is 0 Å². The van der Waals surface area contributed by atoms with E-state index < -0.39 is 13.4 Å². The highest BCUT2D eigenvalue weighted by Gasteiger charge is 2.36. The Morgan fingerprint density at radius 1 is 1.11 bits per heavy atom. The third-order valence-electron chi connectivity index (χ3n) is 2.54. The van der Waals surface area contributed by atoms with Crippen molar-refractivity contribution >= 4 is 7.60 Å². The maximum atomic E-state index is 12.9. The van der Waals surface area contributed by atoms with Gasteiger partial charge in [0.25, 0.3) is 0 Å².